The molecule has 2 aliphatic rings. The summed E-state index contributed by atoms with van der Waals surface area (Å²) in [5.41, 5.74) is 2.01. The Labute approximate surface area is 158 Å². The first-order chi connectivity index (χ1) is 13.4. The van der Waals surface area contributed by atoms with E-state index >= 15 is 0 Å². The van der Waals surface area contributed by atoms with Crippen molar-refractivity contribution >= 4 is 0 Å². The van der Waals surface area contributed by atoms with Crippen LogP contribution in [0.15, 0.2) is 36.5 Å². The van der Waals surface area contributed by atoms with E-state index in [1.54, 1.807) is 4.80 Å². The number of hydrogen-bond acceptors (Lipinski definition) is 6. The van der Waals surface area contributed by atoms with Gasteiger partial charge in [0.15, 0.2) is 0 Å². The molecule has 0 radical (unpaired) electrons. The van der Waals surface area contributed by atoms with Gasteiger partial charge in [-0.05, 0) is 38.1 Å². The van der Waals surface area contributed by atoms with Gasteiger partial charge in [-0.3, -0.25) is 4.90 Å². The summed E-state index contributed by atoms with van der Waals surface area (Å²) in [5, 5.41) is 21.3. The van der Waals surface area contributed by atoms with Crippen LogP contribution in [-0.4, -0.2) is 54.3 Å². The number of likely N-dealkylation sites (tertiary alicyclic amines) is 1. The molecule has 0 amide bonds. The molecular formula is C19H24N8. The van der Waals surface area contributed by atoms with Crippen LogP contribution < -0.4 is 5.32 Å². The number of piperidine rings is 1. The second kappa shape index (κ2) is 7.21. The summed E-state index contributed by atoms with van der Waals surface area (Å²) < 4.78 is 2.32. The van der Waals surface area contributed by atoms with Crippen LogP contribution in [-0.2, 0) is 19.6 Å². The maximum atomic E-state index is 4.63. The van der Waals surface area contributed by atoms with Crippen molar-refractivity contribution in [1.82, 2.24) is 40.0 Å². The Kier molecular flexibility index (Phi) is 4.43. The molecule has 3 aromatic rings. The van der Waals surface area contributed by atoms with Crippen LogP contribution in [0.1, 0.15) is 36.1 Å². The number of para-hydroxylation sites is 1. The molecule has 2 aliphatic heterocycles. The average molecular weight is 364 g/mol. The largest absolute Gasteiger partial charge is 0.312 e. The molecule has 8 nitrogen and oxygen atoms in total. The van der Waals surface area contributed by atoms with Crippen LogP contribution in [0.4, 0.5) is 0 Å². The second-order valence-corrected chi connectivity index (χ2v) is 7.31. The molecule has 140 valence electrons. The second-order valence-electron chi connectivity index (χ2n) is 7.31. The number of benzene rings is 1. The molecule has 2 aromatic heterocycles. The van der Waals surface area contributed by atoms with Crippen molar-refractivity contribution in [2.45, 2.75) is 38.4 Å². The fourth-order valence-electron chi connectivity index (χ4n) is 4.05. The lowest BCUT2D eigenvalue weighted by atomic mass is 9.95. The molecule has 27 heavy (non-hydrogen) atoms. The summed E-state index contributed by atoms with van der Waals surface area (Å²) in [7, 11) is 0. The van der Waals surface area contributed by atoms with Crippen LogP contribution in [0.5, 0.6) is 0 Å². The summed E-state index contributed by atoms with van der Waals surface area (Å²) in [6.45, 7) is 5.80. The first-order valence-electron chi connectivity index (χ1n) is 9.68. The predicted molar refractivity (Wildman–Crippen MR) is 100 cm³/mol. The van der Waals surface area contributed by atoms with Gasteiger partial charge in [0.2, 0.25) is 0 Å². The molecule has 1 N–H and O–H groups in total. The maximum Gasteiger partial charge on any atom is 0.147 e. The van der Waals surface area contributed by atoms with Gasteiger partial charge in [0.05, 0.1) is 24.1 Å². The van der Waals surface area contributed by atoms with Crippen molar-refractivity contribution in [2.75, 3.05) is 19.6 Å². The summed E-state index contributed by atoms with van der Waals surface area (Å²) >= 11 is 0. The minimum atomic E-state index is 0.514. The molecule has 0 saturated carbocycles. The van der Waals surface area contributed by atoms with Gasteiger partial charge >= 0.3 is 0 Å². The van der Waals surface area contributed by atoms with Crippen LogP contribution in [0.3, 0.4) is 0 Å². The Morgan fingerprint density at radius 2 is 1.89 bits per heavy atom. The SMILES string of the molecule is c1ccc(-n2ncc(CN3CCC(c4nnc5n4CCNC5)CC3)n2)cc1. The van der Waals surface area contributed by atoms with Crippen LogP contribution in [0.25, 0.3) is 5.69 Å². The van der Waals surface area contributed by atoms with Gasteiger partial charge in [-0.25, -0.2) is 0 Å². The highest BCUT2D eigenvalue weighted by atomic mass is 15.5. The summed E-state index contributed by atoms with van der Waals surface area (Å²) in [6.07, 6.45) is 4.12. The monoisotopic (exact) mass is 364 g/mol. The Bertz CT molecular complexity index is 892. The molecule has 1 fully saturated rings. The molecule has 4 heterocycles. The fourth-order valence-corrected chi connectivity index (χ4v) is 4.05. The van der Waals surface area contributed by atoms with Crippen molar-refractivity contribution in [3.8, 4) is 5.69 Å². The van der Waals surface area contributed by atoms with Crippen LogP contribution in [0, 0.1) is 0 Å². The smallest absolute Gasteiger partial charge is 0.147 e. The third-order valence-electron chi connectivity index (χ3n) is 5.52. The molecular weight excluding hydrogens is 340 g/mol. The van der Waals surface area contributed by atoms with E-state index in [4.69, 9.17) is 0 Å². The number of fused-ring (bicyclic) bond motifs is 1. The summed E-state index contributed by atoms with van der Waals surface area (Å²) in [5.74, 6) is 2.78. The van der Waals surface area contributed by atoms with E-state index in [0.717, 1.165) is 69.3 Å². The third kappa shape index (κ3) is 3.38. The van der Waals surface area contributed by atoms with E-state index in [0.29, 0.717) is 5.92 Å². The lowest BCUT2D eigenvalue weighted by Crippen LogP contribution is -2.34. The van der Waals surface area contributed by atoms with Crippen molar-refractivity contribution in [3.05, 3.63) is 53.9 Å². The highest BCUT2D eigenvalue weighted by molar-refractivity contribution is 5.28. The van der Waals surface area contributed by atoms with E-state index in [-0.39, 0.29) is 0 Å². The highest BCUT2D eigenvalue weighted by Gasteiger charge is 2.27. The molecule has 8 heteroatoms. The van der Waals surface area contributed by atoms with Gasteiger partial charge in [0.1, 0.15) is 11.6 Å². The van der Waals surface area contributed by atoms with Crippen LogP contribution >= 0.6 is 0 Å². The van der Waals surface area contributed by atoms with Gasteiger partial charge in [0, 0.05) is 25.6 Å². The lowest BCUT2D eigenvalue weighted by Gasteiger charge is -2.31. The van der Waals surface area contributed by atoms with Gasteiger partial charge in [0.25, 0.3) is 0 Å². The van der Waals surface area contributed by atoms with Crippen molar-refractivity contribution in [3.63, 3.8) is 0 Å². The Hall–Kier alpha value is -2.58. The number of nitrogens with one attached hydrogen (secondary N) is 1. The van der Waals surface area contributed by atoms with Crippen LogP contribution in [0.2, 0.25) is 0 Å². The molecule has 0 bridgehead atoms. The zero-order valence-electron chi connectivity index (χ0n) is 15.3. The van der Waals surface area contributed by atoms with Gasteiger partial charge in [-0.1, -0.05) is 18.2 Å². The zero-order chi connectivity index (χ0) is 18.1. The average Bonchev–Trinajstić information content (AvgIpc) is 3.37. The summed E-state index contributed by atoms with van der Waals surface area (Å²) in [6, 6.07) is 10.0. The van der Waals surface area contributed by atoms with Crippen molar-refractivity contribution in [2.24, 2.45) is 0 Å². The normalized spacial score (nSPS) is 18.5. The van der Waals surface area contributed by atoms with Crippen molar-refractivity contribution < 1.29 is 0 Å². The zero-order valence-corrected chi connectivity index (χ0v) is 15.3. The van der Waals surface area contributed by atoms with E-state index < -0.39 is 0 Å². The minimum Gasteiger partial charge on any atom is -0.312 e. The van der Waals surface area contributed by atoms with E-state index in [1.807, 2.05) is 36.5 Å². The Morgan fingerprint density at radius 3 is 2.74 bits per heavy atom. The molecule has 0 atom stereocenters. The quantitative estimate of drug-likeness (QED) is 0.753. The molecule has 1 aromatic carbocycles. The van der Waals surface area contributed by atoms with Crippen molar-refractivity contribution in [1.29, 1.82) is 0 Å². The first kappa shape index (κ1) is 16.6. The third-order valence-corrected chi connectivity index (χ3v) is 5.52. The lowest BCUT2D eigenvalue weighted by molar-refractivity contribution is 0.197. The standard InChI is InChI=1S/C19H24N8/c1-2-4-17(5-3-1)27-21-12-16(24-27)14-25-9-6-15(7-10-25)19-23-22-18-13-20-8-11-26(18)19/h1-5,12,15,20H,6-11,13-14H2. The van der Waals surface area contributed by atoms with E-state index in [1.165, 1.54) is 5.82 Å². The Balaban J connectivity index is 1.20. The number of nitrogens with zero attached hydrogens (tertiary/aromatic N) is 7. The molecule has 5 rings (SSSR count). The molecule has 0 spiro atoms. The predicted octanol–water partition coefficient (Wildman–Crippen LogP) is 1.34. The number of rotatable bonds is 4. The summed E-state index contributed by atoms with van der Waals surface area (Å²) in [4.78, 5) is 4.17. The molecule has 1 saturated heterocycles. The molecule has 0 unspecified atom stereocenters. The van der Waals surface area contributed by atoms with E-state index in [9.17, 15) is 0 Å². The topological polar surface area (TPSA) is 76.7 Å². The molecule has 0 aliphatic carbocycles. The van der Waals surface area contributed by atoms with Gasteiger partial charge in [-0.2, -0.15) is 15.0 Å². The number of hydrogen-bond donors (Lipinski definition) is 1. The number of aromatic nitrogens is 6. The van der Waals surface area contributed by atoms with E-state index in [2.05, 4.69) is 35.2 Å². The minimum absolute atomic E-state index is 0.514. The fraction of sp³-hybridized carbons (Fsp3) is 0.474. The maximum absolute atomic E-state index is 4.63. The first-order valence-corrected chi connectivity index (χ1v) is 9.68. The van der Waals surface area contributed by atoms with Gasteiger partial charge in [-0.15, -0.1) is 10.2 Å². The Morgan fingerprint density at radius 1 is 1.04 bits per heavy atom. The highest BCUT2D eigenvalue weighted by Crippen LogP contribution is 2.28. The van der Waals surface area contributed by atoms with Gasteiger partial charge < -0.3 is 9.88 Å².